The molecule has 6 heteroatoms. The van der Waals surface area contributed by atoms with Crippen LogP contribution >= 0.6 is 23.1 Å². The van der Waals surface area contributed by atoms with Crippen LogP contribution in [0.5, 0.6) is 0 Å². The van der Waals surface area contributed by atoms with Gasteiger partial charge >= 0.3 is 0 Å². The maximum atomic E-state index is 8.86. The van der Waals surface area contributed by atoms with Gasteiger partial charge in [-0.2, -0.15) is 16.6 Å². The molecule has 0 aliphatic carbocycles. The summed E-state index contributed by atoms with van der Waals surface area (Å²) in [5, 5.41) is 21.6. The standard InChI is InChI=1S/C17H22N4S2/c1-19-17(20-12-18)21-6-2-13(3-7-21)16(14-4-8-22-10-14)15-5-9-23-11-15/h4,8,10-11,17,19-20H,2-3,5-7,9H2,1H3. The predicted molar refractivity (Wildman–Crippen MR) is 98.8 cm³/mol. The van der Waals surface area contributed by atoms with Crippen LogP contribution in [0.4, 0.5) is 0 Å². The summed E-state index contributed by atoms with van der Waals surface area (Å²) in [7, 11) is 1.89. The normalized spacial score (nSPS) is 20.0. The van der Waals surface area contributed by atoms with Crippen LogP contribution in [0, 0.1) is 11.5 Å². The van der Waals surface area contributed by atoms with Crippen LogP contribution in [0.2, 0.25) is 0 Å². The molecule has 0 radical (unpaired) electrons. The topological polar surface area (TPSA) is 51.1 Å². The molecule has 0 bridgehead atoms. The van der Waals surface area contributed by atoms with Gasteiger partial charge in [-0.25, -0.2) is 0 Å². The highest BCUT2D eigenvalue weighted by molar-refractivity contribution is 8.02. The minimum absolute atomic E-state index is 0.0626. The summed E-state index contributed by atoms with van der Waals surface area (Å²) in [6, 6.07) is 2.25. The smallest absolute Gasteiger partial charge is 0.178 e. The van der Waals surface area contributed by atoms with E-state index < -0.39 is 0 Å². The highest BCUT2D eigenvalue weighted by Gasteiger charge is 2.24. The summed E-state index contributed by atoms with van der Waals surface area (Å²) in [6.07, 6.45) is 5.29. The van der Waals surface area contributed by atoms with E-state index in [0.29, 0.717) is 0 Å². The zero-order valence-corrected chi connectivity index (χ0v) is 15.0. The molecule has 2 aliphatic rings. The molecule has 0 spiro atoms. The fourth-order valence-corrected chi connectivity index (χ4v) is 4.84. The van der Waals surface area contributed by atoms with E-state index in [0.717, 1.165) is 25.9 Å². The summed E-state index contributed by atoms with van der Waals surface area (Å²) in [5.41, 5.74) is 5.95. The Morgan fingerprint density at radius 1 is 1.35 bits per heavy atom. The average Bonchev–Trinajstić information content (AvgIpc) is 3.28. The first-order chi connectivity index (χ1) is 11.3. The lowest BCUT2D eigenvalue weighted by atomic mass is 9.89. The number of nitriles is 1. The van der Waals surface area contributed by atoms with Crippen molar-refractivity contribution in [3.8, 4) is 6.19 Å². The second kappa shape index (κ2) is 8.02. The quantitative estimate of drug-likeness (QED) is 0.487. The molecule has 0 aromatic carbocycles. The lowest BCUT2D eigenvalue weighted by molar-refractivity contribution is 0.145. The minimum atomic E-state index is -0.0626. The number of nitrogens with zero attached hydrogens (tertiary/aromatic N) is 2. The van der Waals surface area contributed by atoms with Gasteiger partial charge in [0.2, 0.25) is 0 Å². The molecule has 1 atom stereocenters. The van der Waals surface area contributed by atoms with E-state index in [1.54, 1.807) is 16.9 Å². The molecule has 2 aliphatic heterocycles. The van der Waals surface area contributed by atoms with Crippen LogP contribution in [-0.2, 0) is 0 Å². The number of hydrogen-bond acceptors (Lipinski definition) is 6. The van der Waals surface area contributed by atoms with Crippen molar-refractivity contribution in [2.24, 2.45) is 0 Å². The number of thiophene rings is 1. The Morgan fingerprint density at radius 3 is 2.74 bits per heavy atom. The molecule has 122 valence electrons. The molecule has 2 N–H and O–H groups in total. The van der Waals surface area contributed by atoms with Crippen molar-refractivity contribution in [3.63, 3.8) is 0 Å². The highest BCUT2D eigenvalue weighted by atomic mass is 32.2. The van der Waals surface area contributed by atoms with Crippen LogP contribution in [0.1, 0.15) is 24.8 Å². The lowest BCUT2D eigenvalue weighted by Crippen LogP contribution is -2.54. The van der Waals surface area contributed by atoms with Gasteiger partial charge in [0.05, 0.1) is 0 Å². The number of nitrogens with one attached hydrogen (secondary N) is 2. The van der Waals surface area contributed by atoms with E-state index in [-0.39, 0.29) is 6.29 Å². The fraction of sp³-hybridized carbons (Fsp3) is 0.471. The van der Waals surface area contributed by atoms with E-state index in [2.05, 4.69) is 37.8 Å². The highest BCUT2D eigenvalue weighted by Crippen LogP contribution is 2.39. The molecule has 1 unspecified atom stereocenters. The Balaban J connectivity index is 1.79. The molecule has 3 heterocycles. The Labute approximate surface area is 146 Å². The van der Waals surface area contributed by atoms with Crippen molar-refractivity contribution in [2.75, 3.05) is 25.9 Å². The molecule has 1 fully saturated rings. The van der Waals surface area contributed by atoms with Gasteiger partial charge in [-0.3, -0.25) is 15.5 Å². The zero-order valence-electron chi connectivity index (χ0n) is 13.3. The van der Waals surface area contributed by atoms with E-state index in [1.165, 1.54) is 28.9 Å². The molecule has 1 aromatic heterocycles. The first-order valence-corrected chi connectivity index (χ1v) is 9.94. The maximum absolute atomic E-state index is 8.86. The van der Waals surface area contributed by atoms with Gasteiger partial charge in [0.25, 0.3) is 0 Å². The van der Waals surface area contributed by atoms with Crippen LogP contribution in [-0.4, -0.2) is 37.1 Å². The molecule has 1 saturated heterocycles. The summed E-state index contributed by atoms with van der Waals surface area (Å²) >= 11 is 3.70. The van der Waals surface area contributed by atoms with Gasteiger partial charge in [-0.05, 0) is 65.3 Å². The lowest BCUT2D eigenvalue weighted by Gasteiger charge is -2.35. The average molecular weight is 347 g/mol. The number of thioether (sulfide) groups is 1. The Bertz CT molecular complexity index is 618. The SMILES string of the molecule is CNC(NC#N)N1CCC(=C(C2=CSCC2)c2ccsc2)CC1. The Morgan fingerprint density at radius 2 is 2.17 bits per heavy atom. The molecule has 0 saturated carbocycles. The number of likely N-dealkylation sites (tertiary alicyclic amines) is 1. The zero-order chi connectivity index (χ0) is 16.1. The van der Waals surface area contributed by atoms with E-state index in [4.69, 9.17) is 5.26 Å². The monoisotopic (exact) mass is 346 g/mol. The van der Waals surface area contributed by atoms with E-state index >= 15 is 0 Å². The van der Waals surface area contributed by atoms with Crippen molar-refractivity contribution in [1.29, 1.82) is 5.26 Å². The van der Waals surface area contributed by atoms with Crippen LogP contribution < -0.4 is 10.6 Å². The molecule has 3 rings (SSSR count). The van der Waals surface area contributed by atoms with Gasteiger partial charge in [0.1, 0.15) is 6.29 Å². The van der Waals surface area contributed by atoms with Crippen LogP contribution in [0.3, 0.4) is 0 Å². The first kappa shape index (κ1) is 16.6. The van der Waals surface area contributed by atoms with Crippen molar-refractivity contribution in [3.05, 3.63) is 38.9 Å². The first-order valence-electron chi connectivity index (χ1n) is 7.95. The Hall–Kier alpha value is -1.26. The molecule has 23 heavy (non-hydrogen) atoms. The van der Waals surface area contributed by atoms with Gasteiger partial charge in [0.15, 0.2) is 6.19 Å². The number of piperidine rings is 1. The van der Waals surface area contributed by atoms with Gasteiger partial charge in [-0.15, -0.1) is 11.8 Å². The Kier molecular flexibility index (Phi) is 5.79. The fourth-order valence-electron chi connectivity index (χ4n) is 3.30. The molecule has 4 nitrogen and oxygen atoms in total. The molecule has 0 amide bonds. The third-order valence-corrected chi connectivity index (χ3v) is 6.02. The maximum Gasteiger partial charge on any atom is 0.178 e. The van der Waals surface area contributed by atoms with E-state index in [1.807, 2.05) is 25.0 Å². The van der Waals surface area contributed by atoms with Crippen LogP contribution in [0.15, 0.2) is 33.4 Å². The minimum Gasteiger partial charge on any atom is -0.294 e. The molecular formula is C17H22N4S2. The third-order valence-electron chi connectivity index (χ3n) is 4.44. The second-order valence-electron chi connectivity index (χ2n) is 5.74. The summed E-state index contributed by atoms with van der Waals surface area (Å²) in [5.74, 6) is 1.20. The summed E-state index contributed by atoms with van der Waals surface area (Å²) < 4.78 is 0. The molecule has 1 aromatic rings. The van der Waals surface area contributed by atoms with Crippen molar-refractivity contribution < 1.29 is 0 Å². The van der Waals surface area contributed by atoms with Crippen molar-refractivity contribution in [2.45, 2.75) is 25.6 Å². The summed E-state index contributed by atoms with van der Waals surface area (Å²) in [4.78, 5) is 2.30. The van der Waals surface area contributed by atoms with Crippen molar-refractivity contribution in [1.82, 2.24) is 15.5 Å². The van der Waals surface area contributed by atoms with Gasteiger partial charge in [-0.1, -0.05) is 5.57 Å². The predicted octanol–water partition coefficient (Wildman–Crippen LogP) is 3.19. The summed E-state index contributed by atoms with van der Waals surface area (Å²) in [6.45, 7) is 1.95. The van der Waals surface area contributed by atoms with E-state index in [9.17, 15) is 0 Å². The third kappa shape index (κ3) is 3.81. The van der Waals surface area contributed by atoms with Gasteiger partial charge in [0, 0.05) is 18.8 Å². The second-order valence-corrected chi connectivity index (χ2v) is 7.50. The van der Waals surface area contributed by atoms with Crippen LogP contribution in [0.25, 0.3) is 5.57 Å². The number of hydrogen-bond donors (Lipinski definition) is 2. The number of rotatable bonds is 5. The van der Waals surface area contributed by atoms with Crippen molar-refractivity contribution >= 4 is 28.7 Å². The largest absolute Gasteiger partial charge is 0.294 e. The molecular weight excluding hydrogens is 324 g/mol. The van der Waals surface area contributed by atoms with Gasteiger partial charge < -0.3 is 0 Å². The number of allylic oxidation sites excluding steroid dienone is 2.